The number of sulfonamides is 1. The number of nitrogens with one attached hydrogen (secondary N) is 1. The normalized spacial score (nSPS) is 18.3. The highest BCUT2D eigenvalue weighted by Crippen LogP contribution is 2.31. The number of ether oxygens (including phenoxy) is 1. The van der Waals surface area contributed by atoms with Crippen molar-refractivity contribution in [3.63, 3.8) is 0 Å². The first-order valence-electron chi connectivity index (χ1n) is 10.4. The highest BCUT2D eigenvalue weighted by atomic mass is 32.2. The monoisotopic (exact) mass is 466 g/mol. The van der Waals surface area contributed by atoms with E-state index in [1.54, 1.807) is 24.3 Å². The smallest absolute Gasteiger partial charge is 0.243 e. The Hall–Kier alpha value is -2.02. The van der Waals surface area contributed by atoms with E-state index in [-0.39, 0.29) is 16.6 Å². The lowest BCUT2D eigenvalue weighted by atomic mass is 10.2. The molecule has 0 spiro atoms. The van der Waals surface area contributed by atoms with Crippen LogP contribution in [0.25, 0.3) is 0 Å². The molecule has 1 aromatic carbocycles. The Labute approximate surface area is 185 Å². The molecule has 2 fully saturated rings. The summed E-state index contributed by atoms with van der Waals surface area (Å²) in [5, 5.41) is 15.4. The highest BCUT2D eigenvalue weighted by molar-refractivity contribution is 7.99. The number of aromatic nitrogens is 4. The largest absolute Gasteiger partial charge is 0.379 e. The third-order valence-corrected chi connectivity index (χ3v) is 8.33. The van der Waals surface area contributed by atoms with Gasteiger partial charge in [-0.2, -0.15) is 4.31 Å². The number of benzene rings is 1. The van der Waals surface area contributed by atoms with E-state index in [1.807, 2.05) is 4.68 Å². The van der Waals surface area contributed by atoms with Gasteiger partial charge in [0.1, 0.15) is 0 Å². The minimum Gasteiger partial charge on any atom is -0.379 e. The van der Waals surface area contributed by atoms with Gasteiger partial charge in [0, 0.05) is 19.6 Å². The maximum absolute atomic E-state index is 12.7. The van der Waals surface area contributed by atoms with Crippen molar-refractivity contribution in [2.75, 3.05) is 32.1 Å². The molecule has 1 saturated heterocycles. The van der Waals surface area contributed by atoms with Crippen molar-refractivity contribution in [1.82, 2.24) is 29.8 Å². The number of hydrogen-bond acceptors (Lipinski definition) is 8. The van der Waals surface area contributed by atoms with Crippen LogP contribution in [0, 0.1) is 0 Å². The Morgan fingerprint density at radius 3 is 2.58 bits per heavy atom. The van der Waals surface area contributed by atoms with E-state index < -0.39 is 10.0 Å². The molecule has 0 radical (unpaired) electrons. The number of carbonyl (C=O) groups excluding carboxylic acids is 1. The Bertz CT molecular complexity index is 983. The molecule has 1 saturated carbocycles. The third-order valence-electron chi connectivity index (χ3n) is 5.49. The average Bonchev–Trinajstić information content (AvgIpc) is 3.49. The summed E-state index contributed by atoms with van der Waals surface area (Å²) in [4.78, 5) is 12.5. The van der Waals surface area contributed by atoms with E-state index in [4.69, 9.17) is 4.74 Å². The molecule has 2 aliphatic rings. The average molecular weight is 467 g/mol. The molecular formula is C19H26N6O4S2. The van der Waals surface area contributed by atoms with Gasteiger partial charge in [-0.05, 0) is 41.0 Å². The fraction of sp³-hybridized carbons (Fsp3) is 0.579. The molecule has 2 aromatic rings. The van der Waals surface area contributed by atoms with Crippen LogP contribution in [0.2, 0.25) is 0 Å². The number of rotatable bonds is 8. The fourth-order valence-corrected chi connectivity index (χ4v) is 5.94. The van der Waals surface area contributed by atoms with Crippen LogP contribution in [0.5, 0.6) is 0 Å². The van der Waals surface area contributed by atoms with E-state index in [1.165, 1.54) is 28.9 Å². The lowest BCUT2D eigenvalue weighted by Gasteiger charge is -2.26. The SMILES string of the molecule is O=C(CSc1nnnn1C1CCCC1)NCc1ccc(S(=O)(=O)N2CCOCC2)cc1. The van der Waals surface area contributed by atoms with E-state index in [9.17, 15) is 13.2 Å². The van der Waals surface area contributed by atoms with Gasteiger partial charge >= 0.3 is 0 Å². The third kappa shape index (κ3) is 5.43. The zero-order valence-electron chi connectivity index (χ0n) is 17.1. The maximum atomic E-state index is 12.7. The molecule has 168 valence electrons. The summed E-state index contributed by atoms with van der Waals surface area (Å²) in [6.45, 7) is 1.87. The number of carbonyl (C=O) groups is 1. The predicted octanol–water partition coefficient (Wildman–Crippen LogP) is 1.22. The second kappa shape index (κ2) is 10.1. The minimum absolute atomic E-state index is 0.129. The second-order valence-corrected chi connectivity index (χ2v) is 10.5. The first kappa shape index (κ1) is 22.2. The molecule has 12 heteroatoms. The standard InChI is InChI=1S/C19H26N6O4S2/c26-18(14-30-19-21-22-23-25(19)16-3-1-2-4-16)20-13-15-5-7-17(8-6-15)31(27,28)24-9-11-29-12-10-24/h5-8,16H,1-4,9-14H2,(H,20,26). The number of hydrogen-bond donors (Lipinski definition) is 1. The molecule has 0 unspecified atom stereocenters. The van der Waals surface area contributed by atoms with Crippen molar-refractivity contribution < 1.29 is 17.9 Å². The number of tetrazole rings is 1. The lowest BCUT2D eigenvalue weighted by Crippen LogP contribution is -2.40. The summed E-state index contributed by atoms with van der Waals surface area (Å²) in [5.74, 6) is 0.0901. The van der Waals surface area contributed by atoms with Crippen LogP contribution >= 0.6 is 11.8 Å². The molecular weight excluding hydrogens is 440 g/mol. The Morgan fingerprint density at radius 1 is 1.16 bits per heavy atom. The zero-order valence-corrected chi connectivity index (χ0v) is 18.8. The van der Waals surface area contributed by atoms with Crippen LogP contribution in [0.1, 0.15) is 37.3 Å². The van der Waals surface area contributed by atoms with Crippen LogP contribution in [0.4, 0.5) is 0 Å². The van der Waals surface area contributed by atoms with Gasteiger partial charge in [-0.3, -0.25) is 4.79 Å². The van der Waals surface area contributed by atoms with Gasteiger partial charge in [0.05, 0.1) is 29.9 Å². The van der Waals surface area contributed by atoms with Crippen molar-refractivity contribution in [3.05, 3.63) is 29.8 Å². The Morgan fingerprint density at radius 2 is 1.87 bits per heavy atom. The number of amides is 1. The first-order valence-corrected chi connectivity index (χ1v) is 12.8. The summed E-state index contributed by atoms with van der Waals surface area (Å²) in [6, 6.07) is 6.93. The molecule has 4 rings (SSSR count). The van der Waals surface area contributed by atoms with Gasteiger partial charge in [-0.1, -0.05) is 36.7 Å². The van der Waals surface area contributed by atoms with E-state index in [2.05, 4.69) is 20.8 Å². The molecule has 1 aliphatic heterocycles. The van der Waals surface area contributed by atoms with Crippen molar-refractivity contribution in [1.29, 1.82) is 0 Å². The summed E-state index contributed by atoms with van der Waals surface area (Å²) < 4.78 is 33.8. The van der Waals surface area contributed by atoms with Gasteiger partial charge in [0.2, 0.25) is 21.1 Å². The number of nitrogens with zero attached hydrogens (tertiary/aromatic N) is 5. The Kier molecular flexibility index (Phi) is 7.20. The second-order valence-electron chi connectivity index (χ2n) is 7.57. The van der Waals surface area contributed by atoms with Crippen molar-refractivity contribution in [2.24, 2.45) is 0 Å². The fourth-order valence-electron chi connectivity index (χ4n) is 3.76. The summed E-state index contributed by atoms with van der Waals surface area (Å²) in [5.41, 5.74) is 0.829. The van der Waals surface area contributed by atoms with E-state index >= 15 is 0 Å². The molecule has 1 aliphatic carbocycles. The Balaban J connectivity index is 1.27. The van der Waals surface area contributed by atoms with Crippen LogP contribution in [-0.2, 0) is 26.1 Å². The topological polar surface area (TPSA) is 119 Å². The van der Waals surface area contributed by atoms with Crippen LogP contribution in [0.3, 0.4) is 0 Å². The number of thioether (sulfide) groups is 1. The van der Waals surface area contributed by atoms with Crippen molar-refractivity contribution in [2.45, 2.75) is 48.3 Å². The molecule has 0 bridgehead atoms. The van der Waals surface area contributed by atoms with Gasteiger partial charge < -0.3 is 10.1 Å². The van der Waals surface area contributed by atoms with E-state index in [0.717, 1.165) is 18.4 Å². The van der Waals surface area contributed by atoms with Crippen LogP contribution in [0.15, 0.2) is 34.3 Å². The minimum atomic E-state index is -3.51. The molecule has 1 aromatic heterocycles. The van der Waals surface area contributed by atoms with Gasteiger partial charge in [0.15, 0.2) is 0 Å². The van der Waals surface area contributed by atoms with Crippen LogP contribution < -0.4 is 5.32 Å². The van der Waals surface area contributed by atoms with Gasteiger partial charge in [-0.15, -0.1) is 5.10 Å². The molecule has 10 nitrogen and oxygen atoms in total. The maximum Gasteiger partial charge on any atom is 0.243 e. The molecule has 1 amide bonds. The molecule has 2 heterocycles. The molecule has 0 atom stereocenters. The van der Waals surface area contributed by atoms with Crippen molar-refractivity contribution >= 4 is 27.7 Å². The van der Waals surface area contributed by atoms with Crippen LogP contribution in [-0.4, -0.2) is 70.9 Å². The molecule has 1 N–H and O–H groups in total. The van der Waals surface area contributed by atoms with Crippen molar-refractivity contribution in [3.8, 4) is 0 Å². The van der Waals surface area contributed by atoms with Gasteiger partial charge in [0.25, 0.3) is 0 Å². The zero-order chi connectivity index (χ0) is 21.7. The van der Waals surface area contributed by atoms with E-state index in [0.29, 0.717) is 44.0 Å². The lowest BCUT2D eigenvalue weighted by molar-refractivity contribution is -0.118. The molecule has 31 heavy (non-hydrogen) atoms. The summed E-state index contributed by atoms with van der Waals surface area (Å²) in [6.07, 6.45) is 4.51. The highest BCUT2D eigenvalue weighted by Gasteiger charge is 2.26. The first-order chi connectivity index (χ1) is 15.0. The van der Waals surface area contributed by atoms with Gasteiger partial charge in [-0.25, -0.2) is 13.1 Å². The summed E-state index contributed by atoms with van der Waals surface area (Å²) >= 11 is 1.33. The predicted molar refractivity (Wildman–Crippen MR) is 114 cm³/mol. The quantitative estimate of drug-likeness (QED) is 0.577. The summed E-state index contributed by atoms with van der Waals surface area (Å²) in [7, 11) is -3.51. The number of morpholine rings is 1.